The zero-order chi connectivity index (χ0) is 16.1. The van der Waals surface area contributed by atoms with Gasteiger partial charge in [-0.05, 0) is 36.8 Å². The van der Waals surface area contributed by atoms with Crippen LogP contribution in [0.3, 0.4) is 0 Å². The van der Waals surface area contributed by atoms with Gasteiger partial charge in [0.2, 0.25) is 0 Å². The number of hydrogen-bond acceptors (Lipinski definition) is 3. The molecule has 1 amide bonds. The molecule has 2 aromatic carbocycles. The van der Waals surface area contributed by atoms with E-state index in [1.54, 1.807) is 11.0 Å². The molecule has 4 nitrogen and oxygen atoms in total. The van der Waals surface area contributed by atoms with Crippen molar-refractivity contribution in [3.8, 4) is 0 Å². The number of carbonyl (C=O) groups excluding carboxylic acids is 1. The number of carbonyl (C=O) groups is 1. The molecule has 2 N–H and O–H groups in total. The van der Waals surface area contributed by atoms with Gasteiger partial charge in [0.25, 0.3) is 5.91 Å². The van der Waals surface area contributed by atoms with Crippen LogP contribution in [0, 0.1) is 6.92 Å². The van der Waals surface area contributed by atoms with Crippen molar-refractivity contribution >= 4 is 42.1 Å². The van der Waals surface area contributed by atoms with Crippen LogP contribution in [-0.4, -0.2) is 38.0 Å². The summed E-state index contributed by atoms with van der Waals surface area (Å²) in [7, 11) is 3.85. The van der Waals surface area contributed by atoms with E-state index in [-0.39, 0.29) is 30.7 Å². The van der Waals surface area contributed by atoms with Crippen LogP contribution in [0.15, 0.2) is 48.5 Å². The number of hydrogen-bond donors (Lipinski definition) is 1. The van der Waals surface area contributed by atoms with Crippen molar-refractivity contribution in [2.75, 3.05) is 37.8 Å². The Labute approximate surface area is 156 Å². The molecule has 0 atom stereocenters. The maximum atomic E-state index is 12.5. The maximum absolute atomic E-state index is 12.5. The Bertz CT molecular complexity index is 650. The molecular weight excluding hydrogens is 345 g/mol. The number of para-hydroxylation sites is 1. The molecule has 0 saturated heterocycles. The van der Waals surface area contributed by atoms with Gasteiger partial charge in [0, 0.05) is 44.1 Å². The molecule has 0 unspecified atom stereocenters. The average molecular weight is 370 g/mol. The van der Waals surface area contributed by atoms with Gasteiger partial charge in [0.05, 0.1) is 0 Å². The van der Waals surface area contributed by atoms with Gasteiger partial charge >= 0.3 is 0 Å². The second-order valence-electron chi connectivity index (χ2n) is 5.56. The highest BCUT2D eigenvalue weighted by atomic mass is 35.5. The Morgan fingerprint density at radius 1 is 1.00 bits per heavy atom. The summed E-state index contributed by atoms with van der Waals surface area (Å²) in [6.07, 6.45) is 0. The third-order valence-corrected chi connectivity index (χ3v) is 3.81. The number of nitrogens with two attached hydrogens (primary N) is 1. The number of rotatable bonds is 5. The van der Waals surface area contributed by atoms with Gasteiger partial charge in [-0.3, -0.25) is 4.79 Å². The lowest BCUT2D eigenvalue weighted by atomic mass is 10.1. The first-order valence-corrected chi connectivity index (χ1v) is 7.37. The molecule has 2 rings (SSSR count). The minimum atomic E-state index is 0. The third kappa shape index (κ3) is 5.62. The van der Waals surface area contributed by atoms with Crippen LogP contribution in [0.2, 0.25) is 0 Å². The monoisotopic (exact) mass is 369 g/mol. The first-order chi connectivity index (χ1) is 10.5. The van der Waals surface area contributed by atoms with Crippen LogP contribution in [0.25, 0.3) is 0 Å². The fraction of sp³-hybridized carbons (Fsp3) is 0.278. The third-order valence-electron chi connectivity index (χ3n) is 3.81. The zero-order valence-corrected chi connectivity index (χ0v) is 15.9. The molecule has 24 heavy (non-hydrogen) atoms. The highest BCUT2D eigenvalue weighted by Crippen LogP contribution is 2.15. The Kier molecular flexibility index (Phi) is 9.26. The number of nitrogens with zero attached hydrogens (tertiary/aromatic N) is 2. The lowest BCUT2D eigenvalue weighted by Crippen LogP contribution is -2.35. The van der Waals surface area contributed by atoms with E-state index >= 15 is 0 Å². The zero-order valence-electron chi connectivity index (χ0n) is 14.2. The average Bonchev–Trinajstić information content (AvgIpc) is 2.54. The lowest BCUT2D eigenvalue weighted by Gasteiger charge is -2.24. The minimum absolute atomic E-state index is 0. The van der Waals surface area contributed by atoms with Crippen LogP contribution in [0.5, 0.6) is 0 Å². The van der Waals surface area contributed by atoms with E-state index in [9.17, 15) is 4.79 Å². The van der Waals surface area contributed by atoms with E-state index in [2.05, 4.69) is 17.0 Å². The van der Waals surface area contributed by atoms with Crippen molar-refractivity contribution in [3.05, 3.63) is 59.7 Å². The Morgan fingerprint density at radius 2 is 1.62 bits per heavy atom. The molecule has 0 aliphatic heterocycles. The number of amides is 1. The summed E-state index contributed by atoms with van der Waals surface area (Å²) in [4.78, 5) is 16.4. The van der Waals surface area contributed by atoms with Gasteiger partial charge in [-0.25, -0.2) is 0 Å². The van der Waals surface area contributed by atoms with Crippen molar-refractivity contribution in [1.82, 2.24) is 4.90 Å². The molecule has 0 spiro atoms. The summed E-state index contributed by atoms with van der Waals surface area (Å²) in [5.74, 6) is 0.00580. The van der Waals surface area contributed by atoms with E-state index in [4.69, 9.17) is 5.73 Å². The van der Waals surface area contributed by atoms with Crippen LogP contribution in [-0.2, 0) is 0 Å². The molecule has 0 bridgehead atoms. The highest BCUT2D eigenvalue weighted by Gasteiger charge is 2.14. The normalized spacial score (nSPS) is 9.46. The standard InChI is InChI=1S/C18H23N3O.2ClH/c1-14-9-10-15(19)13-17(14)18(22)21(3)12-11-20(2)16-7-5-4-6-8-16;;/h4-10,13H,11-12,19H2,1-3H3;2*1H. The van der Waals surface area contributed by atoms with Crippen LogP contribution >= 0.6 is 24.8 Å². The van der Waals surface area contributed by atoms with Gasteiger partial charge < -0.3 is 15.5 Å². The second kappa shape index (κ2) is 10.1. The smallest absolute Gasteiger partial charge is 0.254 e. The first kappa shape index (κ1) is 22.1. The van der Waals surface area contributed by atoms with Gasteiger partial charge in [-0.1, -0.05) is 24.3 Å². The summed E-state index contributed by atoms with van der Waals surface area (Å²) >= 11 is 0. The number of nitrogen functional groups attached to an aromatic ring is 1. The van der Waals surface area contributed by atoms with Crippen molar-refractivity contribution in [3.63, 3.8) is 0 Å². The Morgan fingerprint density at radius 3 is 2.25 bits per heavy atom. The summed E-state index contributed by atoms with van der Waals surface area (Å²) in [6, 6.07) is 15.6. The molecule has 0 radical (unpaired) electrons. The molecule has 2 aromatic rings. The maximum Gasteiger partial charge on any atom is 0.254 e. The van der Waals surface area contributed by atoms with Gasteiger partial charge in [-0.15, -0.1) is 24.8 Å². The summed E-state index contributed by atoms with van der Waals surface area (Å²) in [5, 5.41) is 0. The van der Waals surface area contributed by atoms with Gasteiger partial charge in [-0.2, -0.15) is 0 Å². The van der Waals surface area contributed by atoms with Crippen LogP contribution < -0.4 is 10.6 Å². The molecule has 0 aliphatic rings. The molecule has 6 heteroatoms. The van der Waals surface area contributed by atoms with Crippen LogP contribution in [0.1, 0.15) is 15.9 Å². The summed E-state index contributed by atoms with van der Waals surface area (Å²) in [6.45, 7) is 3.35. The summed E-state index contributed by atoms with van der Waals surface area (Å²) < 4.78 is 0. The highest BCUT2D eigenvalue weighted by molar-refractivity contribution is 5.96. The van der Waals surface area contributed by atoms with Crippen molar-refractivity contribution in [2.45, 2.75) is 6.92 Å². The van der Waals surface area contributed by atoms with Crippen molar-refractivity contribution in [2.24, 2.45) is 0 Å². The van der Waals surface area contributed by atoms with Crippen molar-refractivity contribution < 1.29 is 4.79 Å². The predicted octanol–water partition coefficient (Wildman–Crippen LogP) is 3.63. The molecular formula is C18H25Cl2N3O. The Balaban J connectivity index is 0.00000264. The topological polar surface area (TPSA) is 49.6 Å². The molecule has 132 valence electrons. The molecule has 0 heterocycles. The fourth-order valence-electron chi connectivity index (χ4n) is 2.29. The van der Waals surface area contributed by atoms with Gasteiger partial charge in [0.15, 0.2) is 0 Å². The molecule has 0 saturated carbocycles. The number of halogens is 2. The molecule has 0 fully saturated rings. The Hall–Kier alpha value is -1.91. The quantitative estimate of drug-likeness (QED) is 0.818. The number of likely N-dealkylation sites (N-methyl/N-ethyl adjacent to an activating group) is 2. The van der Waals surface area contributed by atoms with Gasteiger partial charge in [0.1, 0.15) is 0 Å². The molecule has 0 aliphatic carbocycles. The van der Waals surface area contributed by atoms with Crippen LogP contribution in [0.4, 0.5) is 11.4 Å². The largest absolute Gasteiger partial charge is 0.399 e. The predicted molar refractivity (Wildman–Crippen MR) is 107 cm³/mol. The number of benzene rings is 2. The van der Waals surface area contributed by atoms with E-state index in [0.717, 1.165) is 17.8 Å². The van der Waals surface area contributed by atoms with E-state index < -0.39 is 0 Å². The van der Waals surface area contributed by atoms with E-state index in [1.807, 2.05) is 51.4 Å². The summed E-state index contributed by atoms with van der Waals surface area (Å²) in [5.41, 5.74) is 9.16. The van der Waals surface area contributed by atoms with E-state index in [1.165, 1.54) is 0 Å². The number of aryl methyl sites for hydroxylation is 1. The SMILES string of the molecule is Cc1ccc(N)cc1C(=O)N(C)CCN(C)c1ccccc1.Cl.Cl. The molecule has 0 aromatic heterocycles. The van der Waals surface area contributed by atoms with E-state index in [0.29, 0.717) is 17.8 Å². The number of anilines is 2. The lowest BCUT2D eigenvalue weighted by molar-refractivity contribution is 0.0798. The minimum Gasteiger partial charge on any atom is -0.399 e. The fourth-order valence-corrected chi connectivity index (χ4v) is 2.29. The second-order valence-corrected chi connectivity index (χ2v) is 5.56. The van der Waals surface area contributed by atoms with Crippen molar-refractivity contribution in [1.29, 1.82) is 0 Å². The first-order valence-electron chi connectivity index (χ1n) is 7.37.